The summed E-state index contributed by atoms with van der Waals surface area (Å²) < 4.78 is 0. The van der Waals surface area contributed by atoms with Crippen molar-refractivity contribution < 1.29 is 0 Å². The summed E-state index contributed by atoms with van der Waals surface area (Å²) in [6.45, 7) is 10.2. The topological polar surface area (TPSA) is 0 Å². The van der Waals surface area contributed by atoms with Crippen molar-refractivity contribution in [2.75, 3.05) is 0 Å². The van der Waals surface area contributed by atoms with Gasteiger partial charge in [-0.1, -0.05) is 75.0 Å². The molecule has 0 aromatic heterocycles. The van der Waals surface area contributed by atoms with Crippen LogP contribution in [-0.2, 0) is 0 Å². The molecule has 19 heavy (non-hydrogen) atoms. The Morgan fingerprint density at radius 3 is 2.00 bits per heavy atom. The van der Waals surface area contributed by atoms with E-state index in [9.17, 15) is 0 Å². The van der Waals surface area contributed by atoms with Gasteiger partial charge in [-0.15, -0.1) is 0 Å². The fourth-order valence-electron chi connectivity index (χ4n) is 2.50. The molecule has 0 saturated heterocycles. The first kappa shape index (κ1) is 13.4. The van der Waals surface area contributed by atoms with Gasteiger partial charge in [0.05, 0.1) is 0 Å². The fourth-order valence-corrected chi connectivity index (χ4v) is 2.50. The lowest BCUT2D eigenvalue weighted by molar-refractivity contribution is 1.50. The predicted octanol–water partition coefficient (Wildman–Crippen LogP) is 4.23. The van der Waals surface area contributed by atoms with E-state index < -0.39 is 0 Å². The van der Waals surface area contributed by atoms with Crippen LogP contribution in [0.2, 0.25) is 0 Å². The van der Waals surface area contributed by atoms with E-state index in [1.807, 2.05) is 13.8 Å². The quantitative estimate of drug-likeness (QED) is 0.522. The van der Waals surface area contributed by atoms with Gasteiger partial charge in [-0.3, -0.25) is 0 Å². The second kappa shape index (κ2) is 5.71. The van der Waals surface area contributed by atoms with Gasteiger partial charge in [0.1, 0.15) is 0 Å². The standard InChI is InChI=1S/C17H14.C2H6/c1-3-13-7-5-9-15-11-10-14-8-4-6-12(2)16(14)17(13)15;1-2/h3-11H,2H2,1H3;1-2H3/b13-3-;. The van der Waals surface area contributed by atoms with Crippen molar-refractivity contribution in [1.29, 1.82) is 0 Å². The molecular formula is C19H20. The largest absolute Gasteiger partial charge is 0.0911 e. The zero-order valence-electron chi connectivity index (χ0n) is 11.9. The van der Waals surface area contributed by atoms with E-state index in [-0.39, 0.29) is 0 Å². The van der Waals surface area contributed by atoms with Crippen LogP contribution in [0.5, 0.6) is 0 Å². The molecule has 0 unspecified atom stereocenters. The molecule has 0 amide bonds. The molecule has 0 heterocycles. The van der Waals surface area contributed by atoms with Crippen LogP contribution < -0.4 is 10.4 Å². The Hall–Kier alpha value is -2.08. The molecule has 0 spiro atoms. The van der Waals surface area contributed by atoms with Crippen LogP contribution >= 0.6 is 0 Å². The smallest absolute Gasteiger partial charge is 0.00303 e. The molecular weight excluding hydrogens is 228 g/mol. The Balaban J connectivity index is 0.000000637. The zero-order chi connectivity index (χ0) is 13.8. The second-order valence-corrected chi connectivity index (χ2v) is 4.31. The lowest BCUT2D eigenvalue weighted by Crippen LogP contribution is -2.06. The van der Waals surface area contributed by atoms with Crippen molar-refractivity contribution in [2.24, 2.45) is 0 Å². The van der Waals surface area contributed by atoms with Gasteiger partial charge in [-0.05, 0) is 38.9 Å². The number of hydrogen-bond acceptors (Lipinski definition) is 0. The summed E-state index contributed by atoms with van der Waals surface area (Å²) in [7, 11) is 0. The molecule has 0 nitrogen and oxygen atoms in total. The van der Waals surface area contributed by atoms with Gasteiger partial charge in [0.15, 0.2) is 0 Å². The van der Waals surface area contributed by atoms with Crippen molar-refractivity contribution in [3.8, 4) is 0 Å². The number of fused-ring (bicyclic) bond motifs is 3. The van der Waals surface area contributed by atoms with Crippen molar-refractivity contribution >= 4 is 34.2 Å². The van der Waals surface area contributed by atoms with Gasteiger partial charge in [-0.2, -0.15) is 0 Å². The summed E-state index contributed by atoms with van der Waals surface area (Å²) in [4.78, 5) is 0. The fraction of sp³-hybridized carbons (Fsp3) is 0.158. The molecule has 0 aliphatic carbocycles. The Labute approximate surface area is 114 Å². The number of benzene rings is 3. The first-order chi connectivity index (χ1) is 9.31. The van der Waals surface area contributed by atoms with E-state index in [0.29, 0.717) is 0 Å². The summed E-state index contributed by atoms with van der Waals surface area (Å²) in [6.07, 6.45) is 2.16. The Kier molecular flexibility index (Phi) is 4.01. The highest BCUT2D eigenvalue weighted by Crippen LogP contribution is 2.19. The molecule has 0 radical (unpaired) electrons. The highest BCUT2D eigenvalue weighted by molar-refractivity contribution is 6.07. The van der Waals surface area contributed by atoms with E-state index in [1.54, 1.807) is 0 Å². The van der Waals surface area contributed by atoms with Gasteiger partial charge in [-0.25, -0.2) is 0 Å². The van der Waals surface area contributed by atoms with Crippen LogP contribution in [0.25, 0.3) is 34.2 Å². The summed E-state index contributed by atoms with van der Waals surface area (Å²) in [5, 5.41) is 7.52. The van der Waals surface area contributed by atoms with E-state index in [0.717, 1.165) is 5.22 Å². The minimum Gasteiger partial charge on any atom is -0.0911 e. The third-order valence-electron chi connectivity index (χ3n) is 3.32. The SMILES string of the molecule is C=c1cccc2ccc3ccc/c(=C/C)c3c12.CC. The van der Waals surface area contributed by atoms with E-state index in [2.05, 4.69) is 68.1 Å². The van der Waals surface area contributed by atoms with Crippen LogP contribution in [0, 0.1) is 0 Å². The number of rotatable bonds is 0. The average Bonchev–Trinajstić information content (AvgIpc) is 2.48. The van der Waals surface area contributed by atoms with E-state index >= 15 is 0 Å². The van der Waals surface area contributed by atoms with Gasteiger partial charge in [0.25, 0.3) is 0 Å². The average molecular weight is 248 g/mol. The lowest BCUT2D eigenvalue weighted by Gasteiger charge is -2.05. The van der Waals surface area contributed by atoms with Crippen LogP contribution in [0.1, 0.15) is 20.8 Å². The summed E-state index contributed by atoms with van der Waals surface area (Å²) in [5.74, 6) is 0. The van der Waals surface area contributed by atoms with Crippen LogP contribution in [0.15, 0.2) is 48.5 Å². The summed E-state index contributed by atoms with van der Waals surface area (Å²) in [6, 6.07) is 17.1. The van der Waals surface area contributed by atoms with Gasteiger partial charge in [0.2, 0.25) is 0 Å². The molecule has 0 aliphatic heterocycles. The zero-order valence-corrected chi connectivity index (χ0v) is 11.9. The molecule has 0 atom stereocenters. The summed E-state index contributed by atoms with van der Waals surface area (Å²) >= 11 is 0. The lowest BCUT2D eigenvalue weighted by atomic mass is 9.99. The molecule has 3 aromatic rings. The van der Waals surface area contributed by atoms with Crippen LogP contribution in [0.4, 0.5) is 0 Å². The number of hydrogen-bond donors (Lipinski definition) is 0. The van der Waals surface area contributed by atoms with Crippen molar-refractivity contribution in [1.82, 2.24) is 0 Å². The Morgan fingerprint density at radius 2 is 1.37 bits per heavy atom. The molecule has 0 fully saturated rings. The van der Waals surface area contributed by atoms with Gasteiger partial charge < -0.3 is 0 Å². The molecule has 3 aromatic carbocycles. The summed E-state index contributed by atoms with van der Waals surface area (Å²) in [5.41, 5.74) is 0. The molecule has 3 rings (SSSR count). The highest BCUT2D eigenvalue weighted by Gasteiger charge is 2.01. The Bertz CT molecular complexity index is 810. The molecule has 0 bridgehead atoms. The maximum absolute atomic E-state index is 4.16. The predicted molar refractivity (Wildman–Crippen MR) is 87.7 cm³/mol. The van der Waals surface area contributed by atoms with Gasteiger partial charge >= 0.3 is 0 Å². The van der Waals surface area contributed by atoms with Crippen LogP contribution in [0.3, 0.4) is 0 Å². The normalized spacial score (nSPS) is 11.4. The minimum absolute atomic E-state index is 1.10. The molecule has 96 valence electrons. The minimum atomic E-state index is 1.10. The molecule has 0 N–H and O–H groups in total. The molecule has 0 aliphatic rings. The Morgan fingerprint density at radius 1 is 0.789 bits per heavy atom. The third-order valence-corrected chi connectivity index (χ3v) is 3.32. The van der Waals surface area contributed by atoms with Crippen molar-refractivity contribution in [3.63, 3.8) is 0 Å². The van der Waals surface area contributed by atoms with E-state index in [1.165, 1.54) is 26.8 Å². The van der Waals surface area contributed by atoms with Crippen molar-refractivity contribution in [2.45, 2.75) is 20.8 Å². The highest BCUT2D eigenvalue weighted by atomic mass is 14.0. The molecule has 0 heteroatoms. The van der Waals surface area contributed by atoms with E-state index in [4.69, 9.17) is 0 Å². The van der Waals surface area contributed by atoms with Crippen LogP contribution in [-0.4, -0.2) is 0 Å². The maximum atomic E-state index is 4.16. The van der Waals surface area contributed by atoms with Gasteiger partial charge in [0, 0.05) is 0 Å². The van der Waals surface area contributed by atoms with Crippen molar-refractivity contribution in [3.05, 3.63) is 59.0 Å². The second-order valence-electron chi connectivity index (χ2n) is 4.31. The monoisotopic (exact) mass is 248 g/mol. The third kappa shape index (κ3) is 2.26. The maximum Gasteiger partial charge on any atom is -0.00303 e. The first-order valence-electron chi connectivity index (χ1n) is 6.87. The first-order valence-corrected chi connectivity index (χ1v) is 6.87. The molecule has 0 saturated carbocycles.